The molecule has 0 heterocycles. The molecule has 0 amide bonds. The van der Waals surface area contributed by atoms with E-state index in [9.17, 15) is 0 Å². The van der Waals surface area contributed by atoms with Gasteiger partial charge in [-0.05, 0) is 74.2 Å². The molecule has 2 unspecified atom stereocenters. The molecule has 0 aliphatic heterocycles. The average molecular weight is 292 g/mol. The highest BCUT2D eigenvalue weighted by atomic mass is 14.6. The summed E-state index contributed by atoms with van der Waals surface area (Å²) in [5, 5.41) is 0. The Kier molecular flexibility index (Phi) is 5.65. The van der Waals surface area contributed by atoms with Crippen LogP contribution in [0.5, 0.6) is 0 Å². The summed E-state index contributed by atoms with van der Waals surface area (Å²) < 4.78 is 0. The topological polar surface area (TPSA) is 26.0 Å². The van der Waals surface area contributed by atoms with Crippen LogP contribution in [0.1, 0.15) is 84.0 Å². The smallest absolute Gasteiger partial charge is 0.00489 e. The fourth-order valence-corrected chi connectivity index (χ4v) is 5.88. The van der Waals surface area contributed by atoms with E-state index in [1.54, 1.807) is 0 Å². The Balaban J connectivity index is 1.60. The Morgan fingerprint density at radius 3 is 1.90 bits per heavy atom. The van der Waals surface area contributed by atoms with Crippen molar-refractivity contribution < 1.29 is 0 Å². The molecule has 21 heavy (non-hydrogen) atoms. The van der Waals surface area contributed by atoms with Crippen molar-refractivity contribution in [3.63, 3.8) is 0 Å². The third-order valence-corrected chi connectivity index (χ3v) is 7.30. The molecule has 2 N–H and O–H groups in total. The van der Waals surface area contributed by atoms with Gasteiger partial charge in [0.05, 0.1) is 0 Å². The molecule has 3 aliphatic rings. The molecular formula is C20H37N. The predicted molar refractivity (Wildman–Crippen MR) is 91.1 cm³/mol. The number of hydrogen-bond acceptors (Lipinski definition) is 1. The lowest BCUT2D eigenvalue weighted by Gasteiger charge is -2.42. The third kappa shape index (κ3) is 3.84. The van der Waals surface area contributed by atoms with Gasteiger partial charge in [-0.1, -0.05) is 51.9 Å². The zero-order chi connectivity index (χ0) is 14.7. The van der Waals surface area contributed by atoms with Crippen molar-refractivity contribution in [1.29, 1.82) is 0 Å². The second kappa shape index (κ2) is 7.49. The minimum atomic E-state index is 0.840. The molecule has 0 radical (unpaired) electrons. The standard InChI is InChI=1S/C20H37N/c1-15(13-16-5-4-6-16)20(18-7-2-3-8-18)19-11-9-17(14-21)10-12-19/h15-20H,2-14,21H2,1H3. The highest BCUT2D eigenvalue weighted by Crippen LogP contribution is 2.47. The Hall–Kier alpha value is -0.0400. The summed E-state index contributed by atoms with van der Waals surface area (Å²) in [6, 6.07) is 0. The first-order chi connectivity index (χ1) is 10.3. The molecule has 0 spiro atoms. The quantitative estimate of drug-likeness (QED) is 0.698. The summed E-state index contributed by atoms with van der Waals surface area (Å²) in [5.74, 6) is 6.06. The number of nitrogens with two attached hydrogens (primary N) is 1. The lowest BCUT2D eigenvalue weighted by atomic mass is 9.64. The Morgan fingerprint density at radius 2 is 1.38 bits per heavy atom. The first kappa shape index (κ1) is 15.8. The molecule has 1 nitrogen and oxygen atoms in total. The van der Waals surface area contributed by atoms with Gasteiger partial charge in [-0.15, -0.1) is 0 Å². The molecule has 3 fully saturated rings. The summed E-state index contributed by atoms with van der Waals surface area (Å²) in [6.45, 7) is 3.54. The van der Waals surface area contributed by atoms with Crippen LogP contribution in [0.2, 0.25) is 0 Å². The lowest BCUT2D eigenvalue weighted by Crippen LogP contribution is -2.34. The van der Waals surface area contributed by atoms with Gasteiger partial charge in [0.15, 0.2) is 0 Å². The Morgan fingerprint density at radius 1 is 0.762 bits per heavy atom. The van der Waals surface area contributed by atoms with E-state index in [2.05, 4.69) is 6.92 Å². The zero-order valence-electron chi connectivity index (χ0n) is 14.2. The van der Waals surface area contributed by atoms with E-state index < -0.39 is 0 Å². The van der Waals surface area contributed by atoms with Gasteiger partial charge in [0.2, 0.25) is 0 Å². The number of rotatable bonds is 6. The largest absolute Gasteiger partial charge is 0.330 e. The maximum atomic E-state index is 5.90. The third-order valence-electron chi connectivity index (χ3n) is 7.30. The summed E-state index contributed by atoms with van der Waals surface area (Å²) >= 11 is 0. The summed E-state index contributed by atoms with van der Waals surface area (Å²) in [5.41, 5.74) is 5.90. The van der Waals surface area contributed by atoms with E-state index >= 15 is 0 Å². The van der Waals surface area contributed by atoms with E-state index in [1.807, 2.05) is 0 Å². The molecule has 2 atom stereocenters. The van der Waals surface area contributed by atoms with Crippen molar-refractivity contribution in [2.24, 2.45) is 41.2 Å². The molecule has 0 aromatic carbocycles. The molecule has 1 heteroatoms. The molecular weight excluding hydrogens is 254 g/mol. The molecule has 3 rings (SSSR count). The Labute approximate surface area is 132 Å². The zero-order valence-corrected chi connectivity index (χ0v) is 14.2. The van der Waals surface area contributed by atoms with Crippen molar-refractivity contribution >= 4 is 0 Å². The van der Waals surface area contributed by atoms with Crippen molar-refractivity contribution in [3.05, 3.63) is 0 Å². The second-order valence-electron chi connectivity index (χ2n) is 8.65. The van der Waals surface area contributed by atoms with Crippen LogP contribution in [0.25, 0.3) is 0 Å². The maximum Gasteiger partial charge on any atom is -0.00489 e. The number of hydrogen-bond donors (Lipinski definition) is 1. The summed E-state index contributed by atoms with van der Waals surface area (Å²) in [7, 11) is 0. The van der Waals surface area contributed by atoms with E-state index in [4.69, 9.17) is 5.73 Å². The van der Waals surface area contributed by atoms with Gasteiger partial charge in [0.1, 0.15) is 0 Å². The summed E-state index contributed by atoms with van der Waals surface area (Å²) in [4.78, 5) is 0. The second-order valence-corrected chi connectivity index (χ2v) is 8.65. The van der Waals surface area contributed by atoms with Crippen LogP contribution in [-0.2, 0) is 0 Å². The minimum absolute atomic E-state index is 0.840. The van der Waals surface area contributed by atoms with E-state index in [0.29, 0.717) is 0 Å². The minimum Gasteiger partial charge on any atom is -0.330 e. The first-order valence-corrected chi connectivity index (χ1v) is 9.98. The van der Waals surface area contributed by atoms with Gasteiger partial charge >= 0.3 is 0 Å². The Bertz CT molecular complexity index is 295. The van der Waals surface area contributed by atoms with Gasteiger partial charge in [-0.2, -0.15) is 0 Å². The van der Waals surface area contributed by atoms with Crippen molar-refractivity contribution in [2.75, 3.05) is 6.54 Å². The molecule has 0 bridgehead atoms. The fraction of sp³-hybridized carbons (Fsp3) is 1.00. The van der Waals surface area contributed by atoms with Crippen LogP contribution in [0.3, 0.4) is 0 Å². The van der Waals surface area contributed by atoms with Gasteiger partial charge < -0.3 is 5.73 Å². The van der Waals surface area contributed by atoms with E-state index in [1.165, 1.54) is 77.0 Å². The monoisotopic (exact) mass is 291 g/mol. The molecule has 3 aliphatic carbocycles. The van der Waals surface area contributed by atoms with Crippen molar-refractivity contribution in [1.82, 2.24) is 0 Å². The van der Waals surface area contributed by atoms with Crippen molar-refractivity contribution in [2.45, 2.75) is 84.0 Å². The molecule has 3 saturated carbocycles. The predicted octanol–water partition coefficient (Wildman–Crippen LogP) is 5.38. The summed E-state index contributed by atoms with van der Waals surface area (Å²) in [6.07, 6.45) is 18.0. The van der Waals surface area contributed by atoms with Crippen molar-refractivity contribution in [3.8, 4) is 0 Å². The normalized spacial score (nSPS) is 34.6. The lowest BCUT2D eigenvalue weighted by molar-refractivity contribution is 0.0838. The van der Waals surface area contributed by atoms with Gasteiger partial charge in [0.25, 0.3) is 0 Å². The molecule has 0 aromatic heterocycles. The molecule has 0 aromatic rings. The highest BCUT2D eigenvalue weighted by molar-refractivity contribution is 4.88. The SMILES string of the molecule is CC(CC1CCC1)C(C1CCCC1)C1CCC(CN)CC1. The highest BCUT2D eigenvalue weighted by Gasteiger charge is 2.37. The van der Waals surface area contributed by atoms with Crippen LogP contribution in [0.4, 0.5) is 0 Å². The first-order valence-electron chi connectivity index (χ1n) is 9.98. The fourth-order valence-electron chi connectivity index (χ4n) is 5.88. The van der Waals surface area contributed by atoms with Crippen LogP contribution < -0.4 is 5.73 Å². The maximum absolute atomic E-state index is 5.90. The van der Waals surface area contributed by atoms with E-state index in [0.717, 1.165) is 42.1 Å². The van der Waals surface area contributed by atoms with Gasteiger partial charge in [-0.25, -0.2) is 0 Å². The molecule has 0 saturated heterocycles. The van der Waals surface area contributed by atoms with Crippen LogP contribution in [-0.4, -0.2) is 6.54 Å². The van der Waals surface area contributed by atoms with Crippen LogP contribution in [0, 0.1) is 35.5 Å². The average Bonchev–Trinajstić information content (AvgIpc) is 2.98. The van der Waals surface area contributed by atoms with Crippen LogP contribution in [0.15, 0.2) is 0 Å². The van der Waals surface area contributed by atoms with E-state index in [-0.39, 0.29) is 0 Å². The molecule has 122 valence electrons. The van der Waals surface area contributed by atoms with Gasteiger partial charge in [-0.3, -0.25) is 0 Å². The van der Waals surface area contributed by atoms with Crippen LogP contribution >= 0.6 is 0 Å². The van der Waals surface area contributed by atoms with Gasteiger partial charge in [0, 0.05) is 0 Å².